The van der Waals surface area contributed by atoms with Crippen molar-refractivity contribution in [3.05, 3.63) is 73.0 Å². The number of nitrogens with one attached hydrogen (secondary N) is 1. The molecule has 1 aromatic carbocycles. The number of halogens is 1. The molecule has 166 valence electrons. The Labute approximate surface area is 187 Å². The van der Waals surface area contributed by atoms with E-state index in [1.54, 1.807) is 12.1 Å². The fourth-order valence-corrected chi connectivity index (χ4v) is 3.65. The first-order chi connectivity index (χ1) is 14.9. The molecule has 0 amide bonds. The first-order valence-electron chi connectivity index (χ1n) is 10.1. The molecule has 9 heteroatoms. The number of aromatic nitrogens is 2. The molecule has 8 nitrogen and oxygen atoms in total. The van der Waals surface area contributed by atoms with Gasteiger partial charge in [0.05, 0.1) is 17.2 Å². The predicted octanol–water partition coefficient (Wildman–Crippen LogP) is 2.75. The Morgan fingerprint density at radius 1 is 1.35 bits per heavy atom. The molecule has 3 rings (SSSR count). The molecule has 1 aromatic heterocycles. The van der Waals surface area contributed by atoms with Crippen molar-refractivity contribution in [2.75, 3.05) is 6.61 Å². The summed E-state index contributed by atoms with van der Waals surface area (Å²) in [6.45, 7) is 1.98. The monoisotopic (exact) mass is 492 g/mol. The second kappa shape index (κ2) is 10.7. The van der Waals surface area contributed by atoms with Gasteiger partial charge < -0.3 is 14.6 Å². The minimum atomic E-state index is -0.928. The van der Waals surface area contributed by atoms with Crippen molar-refractivity contribution in [2.45, 2.75) is 51.0 Å². The molecule has 0 spiro atoms. The van der Waals surface area contributed by atoms with Crippen LogP contribution in [0.5, 0.6) is 0 Å². The van der Waals surface area contributed by atoms with Crippen molar-refractivity contribution in [1.29, 1.82) is 0 Å². The Bertz CT molecular complexity index is 1040. The van der Waals surface area contributed by atoms with E-state index < -0.39 is 35.7 Å². The Morgan fingerprint density at radius 3 is 2.77 bits per heavy atom. The van der Waals surface area contributed by atoms with E-state index in [1.807, 2.05) is 12.1 Å². The molecule has 2 aromatic rings. The molecule has 0 aliphatic carbocycles. The van der Waals surface area contributed by atoms with Crippen molar-refractivity contribution < 1.29 is 19.4 Å². The number of benzene rings is 1. The van der Waals surface area contributed by atoms with Gasteiger partial charge in [0.15, 0.2) is 0 Å². The second-order valence-electron chi connectivity index (χ2n) is 7.37. The normalized spacial score (nSPS) is 20.9. The van der Waals surface area contributed by atoms with Crippen molar-refractivity contribution in [3.63, 3.8) is 0 Å². The third kappa shape index (κ3) is 5.81. The molecule has 1 aliphatic heterocycles. The zero-order chi connectivity index (χ0) is 22.4. The first-order valence-corrected chi connectivity index (χ1v) is 11.1. The molecule has 31 heavy (non-hydrogen) atoms. The minimum absolute atomic E-state index is 0.123. The fourth-order valence-electron chi connectivity index (χ4n) is 3.37. The van der Waals surface area contributed by atoms with Gasteiger partial charge in [-0.1, -0.05) is 41.4 Å². The number of aryl methyl sites for hydroxylation is 1. The minimum Gasteiger partial charge on any atom is -0.459 e. The Morgan fingerprint density at radius 2 is 2.10 bits per heavy atom. The number of hydrogen-bond donors (Lipinski definition) is 2. The van der Waals surface area contributed by atoms with Gasteiger partial charge in [0, 0.05) is 12.6 Å². The van der Waals surface area contributed by atoms with E-state index in [0.29, 0.717) is 5.56 Å². The predicted molar refractivity (Wildman–Crippen MR) is 119 cm³/mol. The summed E-state index contributed by atoms with van der Waals surface area (Å²) < 4.78 is 12.3. The third-order valence-electron chi connectivity index (χ3n) is 5.14. The van der Waals surface area contributed by atoms with Crippen molar-refractivity contribution >= 4 is 28.0 Å². The molecule has 1 saturated heterocycles. The number of carbonyl (C=O) groups excluding carboxylic acids is 1. The van der Waals surface area contributed by atoms with Gasteiger partial charge in [0.2, 0.25) is 0 Å². The van der Waals surface area contributed by atoms with Crippen molar-refractivity contribution in [3.8, 4) is 0 Å². The molecule has 1 fully saturated rings. The summed E-state index contributed by atoms with van der Waals surface area (Å²) in [4.78, 5) is 40.0. The maximum atomic E-state index is 12.3. The standard InChI is InChI=1S/C22H25BrN2O6/c1-2-3-4-14-5-7-15(8-6-14)21(28)30-13-18-17(26)11-19(31-18)25-12-16(9-10-23)20(27)24-22(25)29/h5-10,12,17-19,26H,2-4,11,13H2,1H3,(H,24,27,29)/b10-9+/t17-,18+,19+/m0/s1. The number of esters is 1. The number of aromatic amines is 1. The fraction of sp³-hybridized carbons (Fsp3) is 0.409. The summed E-state index contributed by atoms with van der Waals surface area (Å²) in [6, 6.07) is 7.26. The molecule has 0 bridgehead atoms. The number of unbranched alkanes of at least 4 members (excludes halogenated alkanes) is 1. The van der Waals surface area contributed by atoms with Gasteiger partial charge in [-0.15, -0.1) is 0 Å². The van der Waals surface area contributed by atoms with Crippen LogP contribution in [0.25, 0.3) is 6.08 Å². The maximum absolute atomic E-state index is 12.3. The third-order valence-corrected chi connectivity index (χ3v) is 5.40. The number of rotatable bonds is 8. The van der Waals surface area contributed by atoms with E-state index in [1.165, 1.54) is 21.8 Å². The second-order valence-corrected chi connectivity index (χ2v) is 7.90. The number of hydrogen-bond acceptors (Lipinski definition) is 6. The van der Waals surface area contributed by atoms with Crippen LogP contribution in [0.3, 0.4) is 0 Å². The molecule has 0 saturated carbocycles. The van der Waals surface area contributed by atoms with Gasteiger partial charge in [0.1, 0.15) is 18.9 Å². The molecule has 0 radical (unpaired) electrons. The number of carbonyl (C=O) groups is 1. The summed E-state index contributed by atoms with van der Waals surface area (Å²) in [5, 5.41) is 10.3. The van der Waals surface area contributed by atoms with Crippen LogP contribution in [0.4, 0.5) is 0 Å². The van der Waals surface area contributed by atoms with Crippen molar-refractivity contribution in [1.82, 2.24) is 9.55 Å². The topological polar surface area (TPSA) is 111 Å². The highest BCUT2D eigenvalue weighted by Crippen LogP contribution is 2.28. The van der Waals surface area contributed by atoms with E-state index in [-0.39, 0.29) is 18.6 Å². The van der Waals surface area contributed by atoms with E-state index >= 15 is 0 Å². The summed E-state index contributed by atoms with van der Waals surface area (Å²) >= 11 is 3.09. The average Bonchev–Trinajstić information content (AvgIpc) is 3.13. The molecule has 2 N–H and O–H groups in total. The largest absolute Gasteiger partial charge is 0.459 e. The zero-order valence-electron chi connectivity index (χ0n) is 17.1. The summed E-state index contributed by atoms with van der Waals surface area (Å²) in [7, 11) is 0. The van der Waals surface area contributed by atoms with Gasteiger partial charge in [-0.05, 0) is 41.6 Å². The number of ether oxygens (including phenoxy) is 2. The molecule has 0 unspecified atom stereocenters. The lowest BCUT2D eigenvalue weighted by Crippen LogP contribution is -2.33. The van der Waals surface area contributed by atoms with E-state index in [2.05, 4.69) is 27.8 Å². The van der Waals surface area contributed by atoms with Gasteiger partial charge >= 0.3 is 11.7 Å². The molecular weight excluding hydrogens is 468 g/mol. The summed E-state index contributed by atoms with van der Waals surface area (Å²) in [5.41, 5.74) is 0.673. The summed E-state index contributed by atoms with van der Waals surface area (Å²) in [6.07, 6.45) is 3.64. The van der Waals surface area contributed by atoms with Crippen LogP contribution in [-0.2, 0) is 15.9 Å². The maximum Gasteiger partial charge on any atom is 0.338 e. The van der Waals surface area contributed by atoms with Gasteiger partial charge in [-0.25, -0.2) is 9.59 Å². The molecule has 3 atom stereocenters. The number of aliphatic hydroxyl groups excluding tert-OH is 1. The SMILES string of the molecule is CCCCc1ccc(C(=O)OC[C@H]2O[C@@H](n3cc(/C=C/Br)c(=O)[nH]c3=O)C[C@@H]2O)cc1. The molecular formula is C22H25BrN2O6. The first kappa shape index (κ1) is 23.2. The molecule has 2 heterocycles. The number of H-pyrrole nitrogens is 1. The van der Waals surface area contributed by atoms with E-state index in [4.69, 9.17) is 9.47 Å². The highest BCUT2D eigenvalue weighted by molar-refractivity contribution is 9.11. The van der Waals surface area contributed by atoms with Crippen LogP contribution < -0.4 is 11.2 Å². The van der Waals surface area contributed by atoms with Gasteiger partial charge in [-0.2, -0.15) is 0 Å². The van der Waals surface area contributed by atoms with Crippen molar-refractivity contribution in [2.24, 2.45) is 0 Å². The van der Waals surface area contributed by atoms with E-state index in [9.17, 15) is 19.5 Å². The lowest BCUT2D eigenvalue weighted by atomic mass is 10.1. The smallest absolute Gasteiger partial charge is 0.338 e. The van der Waals surface area contributed by atoms with Crippen LogP contribution in [-0.4, -0.2) is 39.4 Å². The van der Waals surface area contributed by atoms with Gasteiger partial charge in [0.25, 0.3) is 5.56 Å². The Kier molecular flexibility index (Phi) is 8.00. The van der Waals surface area contributed by atoms with E-state index in [0.717, 1.165) is 24.8 Å². The highest BCUT2D eigenvalue weighted by atomic mass is 79.9. The van der Waals surface area contributed by atoms with Crippen LogP contribution in [0.1, 0.15) is 53.9 Å². The lowest BCUT2D eigenvalue weighted by Gasteiger charge is -2.16. The number of aliphatic hydroxyl groups is 1. The number of nitrogens with zero attached hydrogens (tertiary/aromatic N) is 1. The quantitative estimate of drug-likeness (QED) is 0.548. The Hall–Kier alpha value is -2.49. The zero-order valence-corrected chi connectivity index (χ0v) is 18.7. The highest BCUT2D eigenvalue weighted by Gasteiger charge is 2.36. The van der Waals surface area contributed by atoms with Gasteiger partial charge in [-0.3, -0.25) is 14.3 Å². The lowest BCUT2D eigenvalue weighted by molar-refractivity contribution is -0.0532. The van der Waals surface area contributed by atoms with Crippen LogP contribution in [0.15, 0.2) is 45.0 Å². The average molecular weight is 493 g/mol. The van der Waals surface area contributed by atoms with Crippen LogP contribution >= 0.6 is 15.9 Å². The molecule has 1 aliphatic rings. The van der Waals surface area contributed by atoms with Crippen LogP contribution in [0.2, 0.25) is 0 Å². The van der Waals surface area contributed by atoms with Crippen LogP contribution in [0, 0.1) is 0 Å². The summed E-state index contributed by atoms with van der Waals surface area (Å²) in [5.74, 6) is -0.507. The Balaban J connectivity index is 1.62.